The zero-order valence-corrected chi connectivity index (χ0v) is 14.3. The number of alkyl halides is 2. The first kappa shape index (κ1) is 19.8. The highest BCUT2D eigenvalue weighted by molar-refractivity contribution is 9.09. The van der Waals surface area contributed by atoms with Gasteiger partial charge in [-0.2, -0.15) is 0 Å². The summed E-state index contributed by atoms with van der Waals surface area (Å²) in [6.45, 7) is 5.79. The summed E-state index contributed by atoms with van der Waals surface area (Å²) in [5.41, 5.74) is 0. The van der Waals surface area contributed by atoms with Crippen LogP contribution in [0.4, 0.5) is 4.39 Å². The molecule has 0 N–H and O–H groups in total. The van der Waals surface area contributed by atoms with Gasteiger partial charge in [0.15, 0.2) is 6.17 Å². The van der Waals surface area contributed by atoms with Crippen molar-refractivity contribution in [2.45, 2.75) is 56.6 Å². The molecule has 0 radical (unpaired) electrons. The maximum atomic E-state index is 14.1. The third-order valence-corrected chi connectivity index (χ3v) is 3.49. The number of hydrogen-bond donors (Lipinski definition) is 0. The summed E-state index contributed by atoms with van der Waals surface area (Å²) in [6, 6.07) is 0. The molecule has 0 fully saturated rings. The summed E-state index contributed by atoms with van der Waals surface area (Å²) in [7, 11) is 1.38. The Bertz CT molecular complexity index is 244. The van der Waals surface area contributed by atoms with Crippen LogP contribution in [0.2, 0.25) is 0 Å². The van der Waals surface area contributed by atoms with Crippen LogP contribution in [0.5, 0.6) is 0 Å². The standard InChI is InChI=1S/C14H27BrFNO3/c1-4-6-8-19-11-12(15)14(20-9-7-5-2)13(16)10-17-18-3/h10,12-14H,4-9,11H2,1-3H3/b17-10+/t12-,13+,14+/m0/s1. The molecule has 0 saturated heterocycles. The Kier molecular flexibility index (Phi) is 13.6. The highest BCUT2D eigenvalue weighted by Crippen LogP contribution is 2.17. The van der Waals surface area contributed by atoms with Crippen LogP contribution in [0.3, 0.4) is 0 Å². The lowest BCUT2D eigenvalue weighted by Gasteiger charge is -2.24. The number of hydrogen-bond acceptors (Lipinski definition) is 4. The van der Waals surface area contributed by atoms with Gasteiger partial charge in [-0.1, -0.05) is 47.8 Å². The minimum atomic E-state index is -1.33. The molecule has 3 atom stereocenters. The predicted molar refractivity (Wildman–Crippen MR) is 83.5 cm³/mol. The monoisotopic (exact) mass is 355 g/mol. The van der Waals surface area contributed by atoms with Gasteiger partial charge in [-0.25, -0.2) is 4.39 Å². The molecular formula is C14H27BrFNO3. The highest BCUT2D eigenvalue weighted by atomic mass is 79.9. The fourth-order valence-electron chi connectivity index (χ4n) is 1.50. The Morgan fingerprint density at radius 2 is 1.85 bits per heavy atom. The third kappa shape index (κ3) is 9.66. The molecule has 0 heterocycles. The van der Waals surface area contributed by atoms with E-state index in [9.17, 15) is 4.39 Å². The zero-order chi connectivity index (χ0) is 15.2. The molecule has 0 aromatic rings. The highest BCUT2D eigenvalue weighted by Gasteiger charge is 2.28. The van der Waals surface area contributed by atoms with Gasteiger partial charge in [0.25, 0.3) is 0 Å². The molecule has 20 heavy (non-hydrogen) atoms. The summed E-state index contributed by atoms with van der Waals surface area (Å²) >= 11 is 3.45. The first-order chi connectivity index (χ1) is 9.67. The molecule has 0 aromatic carbocycles. The van der Waals surface area contributed by atoms with Crippen LogP contribution >= 0.6 is 15.9 Å². The molecule has 0 aliphatic rings. The maximum absolute atomic E-state index is 14.1. The van der Waals surface area contributed by atoms with Crippen molar-refractivity contribution in [3.8, 4) is 0 Å². The molecule has 0 amide bonds. The van der Waals surface area contributed by atoms with Crippen molar-refractivity contribution in [2.24, 2.45) is 5.16 Å². The molecular weight excluding hydrogens is 329 g/mol. The topological polar surface area (TPSA) is 40.0 Å². The van der Waals surface area contributed by atoms with Crippen molar-refractivity contribution < 1.29 is 18.7 Å². The van der Waals surface area contributed by atoms with Crippen LogP contribution in [0.1, 0.15) is 39.5 Å². The van der Waals surface area contributed by atoms with E-state index in [0.29, 0.717) is 19.8 Å². The zero-order valence-electron chi connectivity index (χ0n) is 12.7. The second-order valence-corrected chi connectivity index (χ2v) is 5.69. The van der Waals surface area contributed by atoms with Gasteiger partial charge in [-0.3, -0.25) is 0 Å². The molecule has 4 nitrogen and oxygen atoms in total. The van der Waals surface area contributed by atoms with Crippen molar-refractivity contribution in [2.75, 3.05) is 26.9 Å². The fraction of sp³-hybridized carbons (Fsp3) is 0.929. The summed E-state index contributed by atoms with van der Waals surface area (Å²) < 4.78 is 25.2. The smallest absolute Gasteiger partial charge is 0.166 e. The van der Waals surface area contributed by atoms with Crippen LogP contribution in [-0.4, -0.2) is 50.2 Å². The Morgan fingerprint density at radius 1 is 1.20 bits per heavy atom. The van der Waals surface area contributed by atoms with E-state index in [2.05, 4.69) is 39.8 Å². The average Bonchev–Trinajstić information content (AvgIpc) is 2.45. The number of oxime groups is 1. The molecule has 0 rings (SSSR count). The SMILES string of the molecule is CCCCOC[C@H](Br)[C@@H](OCCCC)[C@H](F)/C=N/OC. The van der Waals surface area contributed by atoms with Crippen LogP contribution in [-0.2, 0) is 14.3 Å². The van der Waals surface area contributed by atoms with E-state index in [1.54, 1.807) is 0 Å². The van der Waals surface area contributed by atoms with Crippen LogP contribution in [0.15, 0.2) is 5.16 Å². The van der Waals surface area contributed by atoms with E-state index in [4.69, 9.17) is 9.47 Å². The van der Waals surface area contributed by atoms with E-state index >= 15 is 0 Å². The predicted octanol–water partition coefficient (Wildman–Crippen LogP) is 3.72. The lowest BCUT2D eigenvalue weighted by atomic mass is 10.1. The van der Waals surface area contributed by atoms with Gasteiger partial charge in [0, 0.05) is 13.2 Å². The van der Waals surface area contributed by atoms with E-state index in [-0.39, 0.29) is 4.83 Å². The molecule has 0 aliphatic heterocycles. The second-order valence-electron chi connectivity index (χ2n) is 4.51. The van der Waals surface area contributed by atoms with Gasteiger partial charge in [0.05, 0.1) is 17.6 Å². The Morgan fingerprint density at radius 3 is 2.45 bits per heavy atom. The number of halogens is 2. The van der Waals surface area contributed by atoms with Gasteiger partial charge >= 0.3 is 0 Å². The van der Waals surface area contributed by atoms with Crippen LogP contribution in [0, 0.1) is 0 Å². The quantitative estimate of drug-likeness (QED) is 0.219. The van der Waals surface area contributed by atoms with Crippen molar-refractivity contribution in [1.82, 2.24) is 0 Å². The number of nitrogens with zero attached hydrogens (tertiary/aromatic N) is 1. The summed E-state index contributed by atoms with van der Waals surface area (Å²) in [5, 5.41) is 3.47. The summed E-state index contributed by atoms with van der Waals surface area (Å²) in [5.74, 6) is 0. The molecule has 0 saturated carbocycles. The largest absolute Gasteiger partial charge is 0.399 e. The van der Waals surface area contributed by atoms with Gasteiger partial charge in [-0.15, -0.1) is 0 Å². The van der Waals surface area contributed by atoms with Crippen molar-refractivity contribution in [3.63, 3.8) is 0 Å². The van der Waals surface area contributed by atoms with E-state index in [1.807, 2.05) is 0 Å². The molecule has 0 bridgehead atoms. The number of unbranched alkanes of at least 4 members (excludes halogenated alkanes) is 2. The summed E-state index contributed by atoms with van der Waals surface area (Å²) in [6.07, 6.45) is 3.17. The molecule has 0 unspecified atom stereocenters. The average molecular weight is 356 g/mol. The first-order valence-corrected chi connectivity index (χ1v) is 8.13. The van der Waals surface area contributed by atoms with E-state index < -0.39 is 12.3 Å². The second kappa shape index (κ2) is 13.8. The lowest BCUT2D eigenvalue weighted by molar-refractivity contribution is -0.000487. The minimum absolute atomic E-state index is 0.213. The fourth-order valence-corrected chi connectivity index (χ4v) is 2.13. The van der Waals surface area contributed by atoms with Crippen LogP contribution < -0.4 is 0 Å². The van der Waals surface area contributed by atoms with Crippen molar-refractivity contribution in [1.29, 1.82) is 0 Å². The first-order valence-electron chi connectivity index (χ1n) is 7.21. The molecule has 0 spiro atoms. The van der Waals surface area contributed by atoms with E-state index in [0.717, 1.165) is 31.9 Å². The van der Waals surface area contributed by atoms with Crippen LogP contribution in [0.25, 0.3) is 0 Å². The van der Waals surface area contributed by atoms with Gasteiger partial charge in [-0.05, 0) is 12.8 Å². The number of ether oxygens (including phenoxy) is 2. The van der Waals surface area contributed by atoms with Crippen molar-refractivity contribution >= 4 is 22.1 Å². The van der Waals surface area contributed by atoms with E-state index in [1.165, 1.54) is 7.11 Å². The Balaban J connectivity index is 4.28. The maximum Gasteiger partial charge on any atom is 0.166 e. The molecule has 0 aliphatic carbocycles. The van der Waals surface area contributed by atoms with Gasteiger partial charge in [0.2, 0.25) is 0 Å². The van der Waals surface area contributed by atoms with Gasteiger partial charge in [0.1, 0.15) is 13.2 Å². The normalized spacial score (nSPS) is 16.2. The lowest BCUT2D eigenvalue weighted by Crippen LogP contribution is -2.38. The number of rotatable bonds is 13. The Labute approximate surface area is 130 Å². The Hall–Kier alpha value is -0.200. The molecule has 0 aromatic heterocycles. The minimum Gasteiger partial charge on any atom is -0.399 e. The molecule has 120 valence electrons. The third-order valence-electron chi connectivity index (χ3n) is 2.71. The summed E-state index contributed by atoms with van der Waals surface area (Å²) in [4.78, 5) is 4.30. The van der Waals surface area contributed by atoms with Gasteiger partial charge < -0.3 is 14.3 Å². The molecule has 6 heteroatoms. The van der Waals surface area contributed by atoms with Crippen molar-refractivity contribution in [3.05, 3.63) is 0 Å².